The van der Waals surface area contributed by atoms with Gasteiger partial charge in [0.2, 0.25) is 0 Å². The Bertz CT molecular complexity index is 793. The summed E-state index contributed by atoms with van der Waals surface area (Å²) in [7, 11) is 0. The molecule has 2 heterocycles. The summed E-state index contributed by atoms with van der Waals surface area (Å²) < 4.78 is 0. The minimum atomic E-state index is -0.324. The molecule has 0 aliphatic heterocycles. The second-order valence-corrected chi connectivity index (χ2v) is 7.19. The lowest BCUT2D eigenvalue weighted by atomic mass is 9.92. The average Bonchev–Trinajstić information content (AvgIpc) is 3.08. The van der Waals surface area contributed by atoms with Gasteiger partial charge in [-0.1, -0.05) is 12.8 Å². The van der Waals surface area contributed by atoms with Gasteiger partial charge in [0.25, 0.3) is 0 Å². The number of hydrogen-bond donors (Lipinski definition) is 3. The lowest BCUT2D eigenvalue weighted by Gasteiger charge is -2.29. The minimum Gasteiger partial charge on any atom is -0.506 e. The SMILES string of the molecule is Cc1cnc(-c2nnc(NC3CCCCC3O)c3c2CCC3)c(O)c1. The van der Waals surface area contributed by atoms with Crippen molar-refractivity contribution in [1.82, 2.24) is 15.2 Å². The Morgan fingerprint density at radius 1 is 1.04 bits per heavy atom. The highest BCUT2D eigenvalue weighted by molar-refractivity contribution is 5.70. The van der Waals surface area contributed by atoms with E-state index in [0.717, 1.165) is 67.5 Å². The molecule has 1 saturated carbocycles. The van der Waals surface area contributed by atoms with Crippen LogP contribution in [0.4, 0.5) is 5.82 Å². The third kappa shape index (κ3) is 3.06. The van der Waals surface area contributed by atoms with Crippen LogP contribution >= 0.6 is 0 Å². The van der Waals surface area contributed by atoms with E-state index in [0.29, 0.717) is 11.4 Å². The van der Waals surface area contributed by atoms with Crippen LogP contribution in [0.3, 0.4) is 0 Å². The maximum absolute atomic E-state index is 10.3. The van der Waals surface area contributed by atoms with Crippen LogP contribution in [-0.4, -0.2) is 37.5 Å². The first-order valence-electron chi connectivity index (χ1n) is 9.12. The molecule has 0 radical (unpaired) electrons. The molecule has 0 aromatic carbocycles. The summed E-state index contributed by atoms with van der Waals surface area (Å²) >= 11 is 0. The van der Waals surface area contributed by atoms with Crippen molar-refractivity contribution in [1.29, 1.82) is 0 Å². The largest absolute Gasteiger partial charge is 0.506 e. The molecule has 25 heavy (non-hydrogen) atoms. The monoisotopic (exact) mass is 340 g/mol. The van der Waals surface area contributed by atoms with Crippen molar-refractivity contribution in [2.24, 2.45) is 0 Å². The Labute approximate surface area is 147 Å². The highest BCUT2D eigenvalue weighted by Gasteiger charge is 2.28. The third-order valence-electron chi connectivity index (χ3n) is 5.32. The molecule has 0 spiro atoms. The number of aliphatic hydroxyl groups is 1. The van der Waals surface area contributed by atoms with Crippen LogP contribution in [0, 0.1) is 6.92 Å². The summed E-state index contributed by atoms with van der Waals surface area (Å²) in [6, 6.07) is 1.75. The molecule has 2 atom stereocenters. The van der Waals surface area contributed by atoms with E-state index in [1.165, 1.54) is 0 Å². The molecule has 2 aromatic rings. The smallest absolute Gasteiger partial charge is 0.152 e. The van der Waals surface area contributed by atoms with Crippen molar-refractivity contribution >= 4 is 5.82 Å². The molecule has 0 saturated heterocycles. The van der Waals surface area contributed by atoms with E-state index in [9.17, 15) is 10.2 Å². The number of nitrogens with zero attached hydrogens (tertiary/aromatic N) is 3. The van der Waals surface area contributed by atoms with Crippen LogP contribution in [0.5, 0.6) is 5.75 Å². The lowest BCUT2D eigenvalue weighted by molar-refractivity contribution is 0.116. The number of aromatic nitrogens is 3. The van der Waals surface area contributed by atoms with Crippen LogP contribution in [0.25, 0.3) is 11.4 Å². The molecule has 0 amide bonds. The van der Waals surface area contributed by atoms with Crippen molar-refractivity contribution in [2.75, 3.05) is 5.32 Å². The molecular weight excluding hydrogens is 316 g/mol. The maximum atomic E-state index is 10.3. The van der Waals surface area contributed by atoms with Gasteiger partial charge in [0.05, 0.1) is 12.1 Å². The van der Waals surface area contributed by atoms with E-state index >= 15 is 0 Å². The summed E-state index contributed by atoms with van der Waals surface area (Å²) in [5, 5.41) is 32.7. The van der Waals surface area contributed by atoms with Gasteiger partial charge in [-0.15, -0.1) is 10.2 Å². The fourth-order valence-electron chi connectivity index (χ4n) is 3.98. The Balaban J connectivity index is 1.69. The quantitative estimate of drug-likeness (QED) is 0.796. The molecule has 3 N–H and O–H groups in total. The van der Waals surface area contributed by atoms with E-state index in [2.05, 4.69) is 20.5 Å². The zero-order chi connectivity index (χ0) is 17.4. The van der Waals surface area contributed by atoms with Crippen molar-refractivity contribution in [3.8, 4) is 17.1 Å². The van der Waals surface area contributed by atoms with Gasteiger partial charge in [0.1, 0.15) is 17.1 Å². The molecule has 6 heteroatoms. The fraction of sp³-hybridized carbons (Fsp3) is 0.526. The maximum Gasteiger partial charge on any atom is 0.152 e. The lowest BCUT2D eigenvalue weighted by Crippen LogP contribution is -2.37. The van der Waals surface area contributed by atoms with Gasteiger partial charge in [0.15, 0.2) is 5.82 Å². The predicted octanol–water partition coefficient (Wildman–Crippen LogP) is 2.76. The molecule has 2 aliphatic rings. The molecule has 0 bridgehead atoms. The molecule has 2 unspecified atom stereocenters. The fourth-order valence-corrected chi connectivity index (χ4v) is 3.98. The van der Waals surface area contributed by atoms with Gasteiger partial charge in [-0.3, -0.25) is 4.98 Å². The Kier molecular flexibility index (Phi) is 4.29. The minimum absolute atomic E-state index is 0.0458. The number of anilines is 1. The summed E-state index contributed by atoms with van der Waals surface area (Å²) in [6.45, 7) is 1.90. The number of rotatable bonds is 3. The molecule has 2 aromatic heterocycles. The van der Waals surface area contributed by atoms with Gasteiger partial charge < -0.3 is 15.5 Å². The number of aliphatic hydroxyl groups excluding tert-OH is 1. The van der Waals surface area contributed by atoms with E-state index in [1.807, 2.05) is 6.92 Å². The highest BCUT2D eigenvalue weighted by atomic mass is 16.3. The first-order valence-corrected chi connectivity index (χ1v) is 9.12. The topological polar surface area (TPSA) is 91.2 Å². The van der Waals surface area contributed by atoms with Crippen LogP contribution in [0.15, 0.2) is 12.3 Å². The second-order valence-electron chi connectivity index (χ2n) is 7.19. The van der Waals surface area contributed by atoms with Crippen LogP contribution in [0.1, 0.15) is 48.8 Å². The van der Waals surface area contributed by atoms with Crippen molar-refractivity contribution in [3.63, 3.8) is 0 Å². The highest BCUT2D eigenvalue weighted by Crippen LogP contribution is 2.37. The zero-order valence-electron chi connectivity index (χ0n) is 14.5. The number of aromatic hydroxyl groups is 1. The first-order chi connectivity index (χ1) is 12.1. The Hall–Kier alpha value is -2.21. The van der Waals surface area contributed by atoms with Crippen LogP contribution in [-0.2, 0) is 12.8 Å². The van der Waals surface area contributed by atoms with Gasteiger partial charge >= 0.3 is 0 Å². The van der Waals surface area contributed by atoms with E-state index < -0.39 is 0 Å². The first kappa shape index (κ1) is 16.3. The molecule has 6 nitrogen and oxygen atoms in total. The predicted molar refractivity (Wildman–Crippen MR) is 95.6 cm³/mol. The van der Waals surface area contributed by atoms with E-state index in [1.54, 1.807) is 12.3 Å². The standard InChI is InChI=1S/C19H24N4O2/c1-11-9-16(25)18(20-10-11)17-12-5-4-6-13(12)19(23-22-17)21-14-7-2-3-8-15(14)24/h9-10,14-15,24-25H,2-8H2,1H3,(H,21,23). The number of nitrogens with one attached hydrogen (secondary N) is 1. The van der Waals surface area contributed by atoms with Crippen LogP contribution < -0.4 is 5.32 Å². The summed E-state index contributed by atoms with van der Waals surface area (Å²) in [6.07, 6.45) is 8.32. The normalized spacial score (nSPS) is 22.6. The number of pyridine rings is 1. The van der Waals surface area contributed by atoms with E-state index in [4.69, 9.17) is 0 Å². The molecule has 4 rings (SSSR count). The van der Waals surface area contributed by atoms with Crippen molar-refractivity contribution in [3.05, 3.63) is 29.0 Å². The number of aryl methyl sites for hydroxylation is 1. The summed E-state index contributed by atoms with van der Waals surface area (Å²) in [5.41, 5.74) is 4.37. The summed E-state index contributed by atoms with van der Waals surface area (Å²) in [5.74, 6) is 0.931. The van der Waals surface area contributed by atoms with Gasteiger partial charge in [-0.05, 0) is 56.2 Å². The summed E-state index contributed by atoms with van der Waals surface area (Å²) in [4.78, 5) is 4.37. The Morgan fingerprint density at radius 3 is 2.64 bits per heavy atom. The number of fused-ring (bicyclic) bond motifs is 1. The van der Waals surface area contributed by atoms with Gasteiger partial charge in [-0.25, -0.2) is 0 Å². The average molecular weight is 340 g/mol. The van der Waals surface area contributed by atoms with Crippen molar-refractivity contribution < 1.29 is 10.2 Å². The van der Waals surface area contributed by atoms with Crippen molar-refractivity contribution in [2.45, 2.75) is 64.0 Å². The number of hydrogen-bond acceptors (Lipinski definition) is 6. The molecule has 1 fully saturated rings. The van der Waals surface area contributed by atoms with Gasteiger partial charge in [0, 0.05) is 11.8 Å². The third-order valence-corrected chi connectivity index (χ3v) is 5.32. The Morgan fingerprint density at radius 2 is 1.84 bits per heavy atom. The van der Waals surface area contributed by atoms with E-state index in [-0.39, 0.29) is 17.9 Å². The molecule has 2 aliphatic carbocycles. The zero-order valence-corrected chi connectivity index (χ0v) is 14.5. The second kappa shape index (κ2) is 6.59. The molecular formula is C19H24N4O2. The molecule has 132 valence electrons. The van der Waals surface area contributed by atoms with Gasteiger partial charge in [-0.2, -0.15) is 0 Å². The van der Waals surface area contributed by atoms with Crippen LogP contribution in [0.2, 0.25) is 0 Å².